The topological polar surface area (TPSA) is 51.4 Å². The largest absolute Gasteiger partial charge is 0.348 e. The number of nitrogens with zero attached hydrogens (tertiary/aromatic N) is 2. The summed E-state index contributed by atoms with van der Waals surface area (Å²) in [5.41, 5.74) is 0.141. The number of nitrogens with one attached hydrogen (secondary N) is 2. The molecule has 2 aliphatic heterocycles. The summed E-state index contributed by atoms with van der Waals surface area (Å²) in [6.07, 6.45) is 0. The first-order chi connectivity index (χ1) is 13.2. The summed E-state index contributed by atoms with van der Waals surface area (Å²) in [5.74, 6) is -4.32. The molecule has 0 bridgehead atoms. The molecule has 1 aromatic heterocycles. The van der Waals surface area contributed by atoms with Crippen molar-refractivity contribution >= 4 is 28.4 Å². The lowest BCUT2D eigenvalue weighted by molar-refractivity contribution is -0.128. The molecule has 2 aliphatic rings. The van der Waals surface area contributed by atoms with Crippen molar-refractivity contribution in [2.45, 2.75) is 12.8 Å². The van der Waals surface area contributed by atoms with Crippen LogP contribution in [0.25, 0.3) is 10.9 Å². The molecule has 10 heteroatoms. The van der Waals surface area contributed by atoms with Crippen molar-refractivity contribution in [3.8, 4) is 0 Å². The van der Waals surface area contributed by atoms with Crippen LogP contribution in [0, 0.1) is 11.6 Å². The van der Waals surface area contributed by atoms with Crippen LogP contribution in [-0.4, -0.2) is 72.4 Å². The number of benzene rings is 1. The van der Waals surface area contributed by atoms with Gasteiger partial charge < -0.3 is 15.2 Å². The number of piperazine rings is 1. The summed E-state index contributed by atoms with van der Waals surface area (Å²) in [4.78, 5) is 18.2. The number of aromatic amines is 1. The summed E-state index contributed by atoms with van der Waals surface area (Å²) < 4.78 is 51.6. The van der Waals surface area contributed by atoms with Gasteiger partial charge in [-0.15, -0.1) is 0 Å². The molecular weight excluding hydrogens is 400 g/mol. The lowest BCUT2D eigenvalue weighted by Gasteiger charge is -2.37. The molecular formula is C18H21ClF4N4O. The van der Waals surface area contributed by atoms with Gasteiger partial charge in [0.2, 0.25) is 0 Å². The average Bonchev–Trinajstić information content (AvgIpc) is 3.00. The zero-order chi connectivity index (χ0) is 20.5. The summed E-state index contributed by atoms with van der Waals surface area (Å²) in [5, 5.41) is 2.72. The molecule has 2 saturated heterocycles. The minimum atomic E-state index is -2.38. The molecule has 2 N–H and O–H groups in total. The van der Waals surface area contributed by atoms with Crippen molar-refractivity contribution < 1.29 is 22.4 Å². The molecule has 0 radical (unpaired) electrons. The Morgan fingerprint density at radius 2 is 1.86 bits per heavy atom. The maximum atomic E-state index is 14.3. The highest BCUT2D eigenvalue weighted by molar-refractivity contribution is 6.35. The van der Waals surface area contributed by atoms with E-state index in [0.717, 1.165) is 12.6 Å². The number of carbonyl (C=O) groups excluding carboxylic acids is 1. The van der Waals surface area contributed by atoms with E-state index in [1.807, 2.05) is 6.92 Å². The molecule has 2 aromatic rings. The van der Waals surface area contributed by atoms with Gasteiger partial charge in [0.1, 0.15) is 11.5 Å². The van der Waals surface area contributed by atoms with Crippen LogP contribution in [-0.2, 0) is 0 Å². The lowest BCUT2D eigenvalue weighted by atomic mass is 10.1. The van der Waals surface area contributed by atoms with Crippen LogP contribution < -0.4 is 5.32 Å². The molecule has 0 unspecified atom stereocenters. The van der Waals surface area contributed by atoms with Gasteiger partial charge in [0.05, 0.1) is 29.0 Å². The Hall–Kier alpha value is -1.84. The zero-order valence-corrected chi connectivity index (χ0v) is 16.1. The molecule has 4 rings (SSSR count). The van der Waals surface area contributed by atoms with Crippen LogP contribution in [0.4, 0.5) is 17.6 Å². The lowest BCUT2D eigenvalue weighted by Crippen LogP contribution is -2.55. The van der Waals surface area contributed by atoms with Crippen molar-refractivity contribution in [2.24, 2.45) is 0 Å². The molecule has 1 amide bonds. The minimum absolute atomic E-state index is 0.0382. The normalized spacial score (nSPS) is 19.1. The highest BCUT2D eigenvalue weighted by atomic mass is 35.5. The van der Waals surface area contributed by atoms with Crippen LogP contribution in [0.15, 0.2) is 12.1 Å². The number of fused-ring (bicyclic) bond motifs is 1. The van der Waals surface area contributed by atoms with E-state index in [2.05, 4.69) is 10.3 Å². The van der Waals surface area contributed by atoms with E-state index >= 15 is 0 Å². The van der Waals surface area contributed by atoms with E-state index < -0.39 is 23.5 Å². The fourth-order valence-electron chi connectivity index (χ4n) is 3.19. The zero-order valence-electron chi connectivity index (χ0n) is 15.3. The Morgan fingerprint density at radius 1 is 1.21 bits per heavy atom. The van der Waals surface area contributed by atoms with E-state index in [9.17, 15) is 22.4 Å². The van der Waals surface area contributed by atoms with Gasteiger partial charge >= 0.3 is 0 Å². The van der Waals surface area contributed by atoms with Crippen molar-refractivity contribution in [3.63, 3.8) is 0 Å². The van der Waals surface area contributed by atoms with Gasteiger partial charge in [0.15, 0.2) is 5.82 Å². The van der Waals surface area contributed by atoms with E-state index in [-0.39, 0.29) is 29.2 Å². The highest BCUT2D eigenvalue weighted by Gasteiger charge is 2.42. The molecule has 154 valence electrons. The van der Waals surface area contributed by atoms with Crippen LogP contribution in [0.3, 0.4) is 0 Å². The predicted octanol–water partition coefficient (Wildman–Crippen LogP) is 3.10. The number of amides is 1. The van der Waals surface area contributed by atoms with Gasteiger partial charge in [-0.2, -0.15) is 0 Å². The molecule has 1 aromatic carbocycles. The number of hydrogen-bond donors (Lipinski definition) is 2. The third-order valence-corrected chi connectivity index (χ3v) is 5.14. The molecule has 0 atom stereocenters. The van der Waals surface area contributed by atoms with Crippen LogP contribution in [0.2, 0.25) is 5.02 Å². The molecule has 28 heavy (non-hydrogen) atoms. The van der Waals surface area contributed by atoms with Gasteiger partial charge in [-0.3, -0.25) is 9.69 Å². The third kappa shape index (κ3) is 4.26. The quantitative estimate of drug-likeness (QED) is 0.734. The average molecular weight is 421 g/mol. The summed E-state index contributed by atoms with van der Waals surface area (Å²) in [6.45, 7) is 4.91. The van der Waals surface area contributed by atoms with E-state index in [4.69, 9.17) is 11.6 Å². The number of rotatable bonds is 2. The fourth-order valence-corrected chi connectivity index (χ4v) is 3.44. The molecule has 3 heterocycles. The van der Waals surface area contributed by atoms with Gasteiger partial charge in [0.25, 0.3) is 11.8 Å². The molecule has 2 fully saturated rings. The Labute approximate surface area is 164 Å². The molecule has 5 nitrogen and oxygen atoms in total. The van der Waals surface area contributed by atoms with E-state index in [0.29, 0.717) is 31.7 Å². The first-order valence-electron chi connectivity index (χ1n) is 8.99. The Kier molecular flexibility index (Phi) is 6.16. The standard InChI is InChI=1S/C13H12ClF2N3O.C5H9F2N/c14-10-7(15)1-2-8-9(10)11(16)12(18-8)13(20)19-5-3-17-4-6-19;1-2-8-3-5(6,7)4-8/h1-2,17-18H,3-6H2;2-4H2,1H3. The number of carbonyl (C=O) groups is 1. The smallest absolute Gasteiger partial charge is 0.273 e. The number of likely N-dealkylation sites (tertiary alicyclic amines) is 1. The molecule has 0 saturated carbocycles. The first-order valence-corrected chi connectivity index (χ1v) is 9.36. The van der Waals surface area contributed by atoms with Crippen molar-refractivity contribution in [1.82, 2.24) is 20.1 Å². The maximum absolute atomic E-state index is 14.3. The van der Waals surface area contributed by atoms with Crippen LogP contribution in [0.1, 0.15) is 17.4 Å². The second-order valence-electron chi connectivity index (χ2n) is 6.80. The predicted molar refractivity (Wildman–Crippen MR) is 99.1 cm³/mol. The number of aromatic nitrogens is 1. The highest BCUT2D eigenvalue weighted by Crippen LogP contribution is 2.31. The second-order valence-corrected chi connectivity index (χ2v) is 7.18. The van der Waals surface area contributed by atoms with Gasteiger partial charge in [-0.25, -0.2) is 17.6 Å². The number of halogens is 5. The van der Waals surface area contributed by atoms with Crippen LogP contribution >= 0.6 is 11.6 Å². The molecule has 0 aliphatic carbocycles. The van der Waals surface area contributed by atoms with Crippen molar-refractivity contribution in [3.05, 3.63) is 34.5 Å². The summed E-state index contributed by atoms with van der Waals surface area (Å²) >= 11 is 5.77. The number of hydrogen-bond acceptors (Lipinski definition) is 3. The Morgan fingerprint density at radius 3 is 2.39 bits per heavy atom. The Bertz CT molecular complexity index is 859. The van der Waals surface area contributed by atoms with Gasteiger partial charge in [-0.05, 0) is 18.7 Å². The number of alkyl halides is 2. The SMILES string of the molecule is CCN1CC(F)(F)C1.O=C(c1[nH]c2ccc(F)c(Cl)c2c1F)N1CCNCC1. The Balaban J connectivity index is 0.000000236. The number of H-pyrrole nitrogens is 1. The van der Waals surface area contributed by atoms with Crippen LogP contribution in [0.5, 0.6) is 0 Å². The maximum Gasteiger partial charge on any atom is 0.273 e. The third-order valence-electron chi connectivity index (χ3n) is 4.77. The fraction of sp³-hybridized carbons (Fsp3) is 0.500. The molecule has 0 spiro atoms. The summed E-state index contributed by atoms with van der Waals surface area (Å²) in [6, 6.07) is 2.51. The monoisotopic (exact) mass is 420 g/mol. The van der Waals surface area contributed by atoms with Crippen molar-refractivity contribution in [1.29, 1.82) is 0 Å². The summed E-state index contributed by atoms with van der Waals surface area (Å²) in [7, 11) is 0. The minimum Gasteiger partial charge on any atom is -0.348 e. The first kappa shape index (κ1) is 20.9. The van der Waals surface area contributed by atoms with Gasteiger partial charge in [-0.1, -0.05) is 18.5 Å². The second kappa shape index (κ2) is 8.26. The van der Waals surface area contributed by atoms with Crippen molar-refractivity contribution in [2.75, 3.05) is 45.8 Å². The van der Waals surface area contributed by atoms with E-state index in [1.54, 1.807) is 9.80 Å². The van der Waals surface area contributed by atoms with Gasteiger partial charge in [0, 0.05) is 26.2 Å². The van der Waals surface area contributed by atoms with E-state index in [1.165, 1.54) is 6.07 Å².